The van der Waals surface area contributed by atoms with Crippen LogP contribution >= 0.6 is 0 Å². The summed E-state index contributed by atoms with van der Waals surface area (Å²) in [5.41, 5.74) is 2.52. The van der Waals surface area contributed by atoms with Crippen molar-refractivity contribution in [3.63, 3.8) is 0 Å². The summed E-state index contributed by atoms with van der Waals surface area (Å²) in [5.74, 6) is 1.84. The van der Waals surface area contributed by atoms with Crippen LogP contribution in [0.25, 0.3) is 11.4 Å². The van der Waals surface area contributed by atoms with Crippen LogP contribution in [-0.2, 0) is 11.3 Å². The normalized spacial score (nSPS) is 17.1. The Hall–Kier alpha value is -2.80. The largest absolute Gasteiger partial charge is 0.381 e. The van der Waals surface area contributed by atoms with Gasteiger partial charge in [-0.05, 0) is 18.6 Å². The van der Waals surface area contributed by atoms with E-state index in [1.165, 1.54) is 0 Å². The number of nitrogens with one attached hydrogen (secondary N) is 1. The van der Waals surface area contributed by atoms with Crippen molar-refractivity contribution < 1.29 is 9.26 Å². The summed E-state index contributed by atoms with van der Waals surface area (Å²) in [6.07, 6.45) is 4.32. The molecular formula is C17H17N5O2. The summed E-state index contributed by atoms with van der Waals surface area (Å²) in [4.78, 5) is 12.9. The zero-order valence-electron chi connectivity index (χ0n) is 13.1. The van der Waals surface area contributed by atoms with E-state index in [9.17, 15) is 0 Å². The fourth-order valence-electron chi connectivity index (χ4n) is 2.67. The highest BCUT2D eigenvalue weighted by Crippen LogP contribution is 2.24. The van der Waals surface area contributed by atoms with Crippen molar-refractivity contribution in [2.75, 3.05) is 18.5 Å². The third-order valence-corrected chi connectivity index (χ3v) is 3.97. The first kappa shape index (κ1) is 14.8. The number of aromatic nitrogens is 4. The van der Waals surface area contributed by atoms with Gasteiger partial charge in [0.05, 0.1) is 24.5 Å². The lowest BCUT2D eigenvalue weighted by molar-refractivity contribution is 0.193. The summed E-state index contributed by atoms with van der Waals surface area (Å²) >= 11 is 0. The maximum absolute atomic E-state index is 5.42. The number of nitrogens with zero attached hydrogens (tertiary/aromatic N) is 4. The molecule has 7 heteroatoms. The van der Waals surface area contributed by atoms with Crippen LogP contribution in [0.15, 0.2) is 47.4 Å². The number of hydrogen-bond acceptors (Lipinski definition) is 7. The van der Waals surface area contributed by atoms with E-state index >= 15 is 0 Å². The van der Waals surface area contributed by atoms with Crippen molar-refractivity contribution in [1.82, 2.24) is 20.1 Å². The van der Waals surface area contributed by atoms with Gasteiger partial charge in [-0.2, -0.15) is 0 Å². The number of pyridine rings is 1. The van der Waals surface area contributed by atoms with Crippen LogP contribution in [0.2, 0.25) is 0 Å². The Morgan fingerprint density at radius 2 is 2.12 bits per heavy atom. The number of ether oxygens (including phenoxy) is 1. The molecule has 1 aliphatic rings. The molecule has 0 bridgehead atoms. The van der Waals surface area contributed by atoms with Crippen LogP contribution in [0.3, 0.4) is 0 Å². The van der Waals surface area contributed by atoms with Crippen molar-refractivity contribution in [1.29, 1.82) is 0 Å². The second kappa shape index (κ2) is 6.76. The summed E-state index contributed by atoms with van der Waals surface area (Å²) < 4.78 is 10.8. The molecule has 0 aromatic carbocycles. The van der Waals surface area contributed by atoms with Crippen LogP contribution in [-0.4, -0.2) is 33.3 Å². The van der Waals surface area contributed by atoms with Gasteiger partial charge in [0.25, 0.3) is 0 Å². The van der Waals surface area contributed by atoms with E-state index in [2.05, 4.69) is 25.4 Å². The lowest BCUT2D eigenvalue weighted by Crippen LogP contribution is -2.05. The van der Waals surface area contributed by atoms with Gasteiger partial charge in [0.15, 0.2) is 5.76 Å². The van der Waals surface area contributed by atoms with E-state index < -0.39 is 0 Å². The molecule has 0 aliphatic carbocycles. The average Bonchev–Trinajstić information content (AvgIpc) is 3.33. The quantitative estimate of drug-likeness (QED) is 0.772. The minimum Gasteiger partial charge on any atom is -0.381 e. The molecule has 0 saturated carbocycles. The second-order valence-corrected chi connectivity index (χ2v) is 5.64. The Morgan fingerprint density at radius 1 is 1.12 bits per heavy atom. The van der Waals surface area contributed by atoms with Crippen molar-refractivity contribution in [2.45, 2.75) is 18.9 Å². The highest BCUT2D eigenvalue weighted by molar-refractivity contribution is 5.53. The van der Waals surface area contributed by atoms with E-state index in [0.29, 0.717) is 12.5 Å². The molecule has 0 unspecified atom stereocenters. The molecule has 24 heavy (non-hydrogen) atoms. The van der Waals surface area contributed by atoms with E-state index in [-0.39, 0.29) is 0 Å². The standard InChI is InChI=1S/C17H17N5O2/c1-2-5-18-14(3-1)16-7-13(24-22-16)9-19-17-8-15(20-11-21-17)12-4-6-23-10-12/h1-3,5,7-8,11-12H,4,6,9-10H2,(H,19,20,21)/t12-/m1/s1. The predicted octanol–water partition coefficient (Wildman–Crippen LogP) is 2.64. The van der Waals surface area contributed by atoms with E-state index in [1.807, 2.05) is 30.3 Å². The zero-order valence-corrected chi connectivity index (χ0v) is 13.1. The molecule has 0 amide bonds. The summed E-state index contributed by atoms with van der Waals surface area (Å²) in [6.45, 7) is 2.02. The fraction of sp³-hybridized carbons (Fsp3) is 0.294. The van der Waals surface area contributed by atoms with Crippen LogP contribution in [0.1, 0.15) is 23.8 Å². The minimum atomic E-state index is 0.356. The monoisotopic (exact) mass is 323 g/mol. The smallest absolute Gasteiger partial charge is 0.156 e. The molecule has 1 N–H and O–H groups in total. The summed E-state index contributed by atoms with van der Waals surface area (Å²) in [7, 11) is 0. The maximum atomic E-state index is 5.42. The lowest BCUT2D eigenvalue weighted by Gasteiger charge is -2.08. The van der Waals surface area contributed by atoms with Crippen LogP contribution in [0.4, 0.5) is 5.82 Å². The molecule has 4 heterocycles. The first-order valence-corrected chi connectivity index (χ1v) is 7.89. The Bertz CT molecular complexity index is 800. The van der Waals surface area contributed by atoms with Gasteiger partial charge in [0.2, 0.25) is 0 Å². The topological polar surface area (TPSA) is 86.0 Å². The van der Waals surface area contributed by atoms with Crippen LogP contribution in [0, 0.1) is 0 Å². The maximum Gasteiger partial charge on any atom is 0.156 e. The second-order valence-electron chi connectivity index (χ2n) is 5.64. The molecule has 122 valence electrons. The van der Waals surface area contributed by atoms with Gasteiger partial charge in [0, 0.05) is 30.9 Å². The summed E-state index contributed by atoms with van der Waals surface area (Å²) in [6, 6.07) is 9.53. The molecule has 4 rings (SSSR count). The van der Waals surface area contributed by atoms with Gasteiger partial charge in [-0.3, -0.25) is 4.98 Å². The molecule has 0 radical (unpaired) electrons. The summed E-state index contributed by atoms with van der Waals surface area (Å²) in [5, 5.41) is 7.30. The molecular weight excluding hydrogens is 306 g/mol. The lowest BCUT2D eigenvalue weighted by atomic mass is 10.1. The number of anilines is 1. The Labute approximate surface area is 139 Å². The van der Waals surface area contributed by atoms with E-state index in [4.69, 9.17) is 9.26 Å². The van der Waals surface area contributed by atoms with Crippen molar-refractivity contribution in [2.24, 2.45) is 0 Å². The molecule has 3 aromatic heterocycles. The number of rotatable bonds is 5. The Morgan fingerprint density at radius 3 is 2.96 bits per heavy atom. The SMILES string of the molecule is c1ccc(-c2cc(CNc3cc([C@@H]4CCOC4)ncn3)on2)nc1. The van der Waals surface area contributed by atoms with Gasteiger partial charge in [-0.25, -0.2) is 9.97 Å². The predicted molar refractivity (Wildman–Crippen MR) is 87.3 cm³/mol. The van der Waals surface area contributed by atoms with Gasteiger partial charge >= 0.3 is 0 Å². The molecule has 1 aliphatic heterocycles. The molecule has 1 atom stereocenters. The molecule has 3 aromatic rings. The number of hydrogen-bond donors (Lipinski definition) is 1. The third-order valence-electron chi connectivity index (χ3n) is 3.97. The van der Waals surface area contributed by atoms with Gasteiger partial charge in [-0.15, -0.1) is 0 Å². The minimum absolute atomic E-state index is 0.356. The molecule has 7 nitrogen and oxygen atoms in total. The van der Waals surface area contributed by atoms with Crippen molar-refractivity contribution in [3.8, 4) is 11.4 Å². The van der Waals surface area contributed by atoms with E-state index in [1.54, 1.807) is 12.5 Å². The fourth-order valence-corrected chi connectivity index (χ4v) is 2.67. The van der Waals surface area contributed by atoms with Gasteiger partial charge < -0.3 is 14.6 Å². The van der Waals surface area contributed by atoms with Crippen molar-refractivity contribution >= 4 is 5.82 Å². The van der Waals surface area contributed by atoms with Crippen molar-refractivity contribution in [3.05, 3.63) is 54.3 Å². The average molecular weight is 323 g/mol. The Balaban J connectivity index is 1.42. The molecule has 1 fully saturated rings. The van der Waals surface area contributed by atoms with Crippen LogP contribution < -0.4 is 5.32 Å². The highest BCUT2D eigenvalue weighted by atomic mass is 16.5. The first-order chi connectivity index (χ1) is 11.9. The highest BCUT2D eigenvalue weighted by Gasteiger charge is 2.19. The van der Waals surface area contributed by atoms with Gasteiger partial charge in [-0.1, -0.05) is 11.2 Å². The Kier molecular flexibility index (Phi) is 4.16. The van der Waals surface area contributed by atoms with E-state index in [0.717, 1.165) is 48.3 Å². The zero-order chi connectivity index (χ0) is 16.2. The molecule has 0 spiro atoms. The first-order valence-electron chi connectivity index (χ1n) is 7.89. The van der Waals surface area contributed by atoms with Crippen LogP contribution in [0.5, 0.6) is 0 Å². The molecule has 1 saturated heterocycles. The third kappa shape index (κ3) is 3.26. The van der Waals surface area contributed by atoms with Gasteiger partial charge in [0.1, 0.15) is 17.8 Å².